The van der Waals surface area contributed by atoms with Gasteiger partial charge in [0.2, 0.25) is 0 Å². The standard InChI is InChI=1S/C14H22N2O2S/c1-4-8-15-13-9-12(10-19-11(3)5-2)6-7-14(13)16(17)18/h6-7,9,11,15H,4-5,8,10H2,1-3H3. The van der Waals surface area contributed by atoms with Crippen LogP contribution < -0.4 is 5.32 Å². The minimum Gasteiger partial charge on any atom is -0.379 e. The van der Waals surface area contributed by atoms with Gasteiger partial charge in [-0.25, -0.2) is 0 Å². The lowest BCUT2D eigenvalue weighted by Gasteiger charge is -2.10. The highest BCUT2D eigenvalue weighted by molar-refractivity contribution is 7.99. The fourth-order valence-electron chi connectivity index (χ4n) is 1.59. The second-order valence-electron chi connectivity index (χ2n) is 4.57. The molecule has 0 radical (unpaired) electrons. The Morgan fingerprint density at radius 3 is 2.74 bits per heavy atom. The molecule has 0 fully saturated rings. The molecule has 1 unspecified atom stereocenters. The predicted octanol–water partition coefficient (Wildman–Crippen LogP) is 4.45. The molecule has 0 aliphatic rings. The first-order chi connectivity index (χ1) is 9.08. The molecule has 0 saturated carbocycles. The zero-order chi connectivity index (χ0) is 14.3. The molecule has 1 atom stereocenters. The molecule has 1 aromatic rings. The van der Waals surface area contributed by atoms with Crippen LogP contribution in [-0.2, 0) is 5.75 Å². The van der Waals surface area contributed by atoms with E-state index in [1.165, 1.54) is 0 Å². The minimum atomic E-state index is -0.330. The molecule has 0 amide bonds. The van der Waals surface area contributed by atoms with Gasteiger partial charge in [-0.1, -0.05) is 26.8 Å². The molecule has 0 heterocycles. The van der Waals surface area contributed by atoms with Crippen LogP contribution in [0.5, 0.6) is 0 Å². The van der Waals surface area contributed by atoms with Gasteiger partial charge in [0.25, 0.3) is 5.69 Å². The minimum absolute atomic E-state index is 0.158. The topological polar surface area (TPSA) is 55.2 Å². The third kappa shape index (κ3) is 5.11. The first-order valence-electron chi connectivity index (χ1n) is 6.71. The van der Waals surface area contributed by atoms with Crippen molar-refractivity contribution in [3.63, 3.8) is 0 Å². The number of nitro groups is 1. The molecule has 0 aliphatic carbocycles. The Hall–Kier alpha value is -1.23. The Morgan fingerprint density at radius 2 is 2.16 bits per heavy atom. The van der Waals surface area contributed by atoms with Gasteiger partial charge in [0.1, 0.15) is 5.69 Å². The summed E-state index contributed by atoms with van der Waals surface area (Å²) in [7, 11) is 0. The van der Waals surface area contributed by atoms with Crippen molar-refractivity contribution < 1.29 is 4.92 Å². The van der Waals surface area contributed by atoms with Crippen molar-refractivity contribution in [2.24, 2.45) is 0 Å². The lowest BCUT2D eigenvalue weighted by Crippen LogP contribution is -2.04. The van der Waals surface area contributed by atoms with Gasteiger partial charge in [-0.2, -0.15) is 11.8 Å². The predicted molar refractivity (Wildman–Crippen MR) is 82.9 cm³/mol. The summed E-state index contributed by atoms with van der Waals surface area (Å²) in [5.41, 5.74) is 1.93. The smallest absolute Gasteiger partial charge is 0.292 e. The number of nitrogens with one attached hydrogen (secondary N) is 1. The molecule has 1 rings (SSSR count). The summed E-state index contributed by atoms with van der Waals surface area (Å²) in [4.78, 5) is 10.6. The summed E-state index contributed by atoms with van der Waals surface area (Å²) in [6.45, 7) is 7.16. The Bertz CT molecular complexity index is 424. The highest BCUT2D eigenvalue weighted by atomic mass is 32.2. The highest BCUT2D eigenvalue weighted by Gasteiger charge is 2.13. The summed E-state index contributed by atoms with van der Waals surface area (Å²) in [5.74, 6) is 0.897. The molecule has 1 N–H and O–H groups in total. The number of rotatable bonds is 8. The fourth-order valence-corrected chi connectivity index (χ4v) is 2.48. The van der Waals surface area contributed by atoms with E-state index in [4.69, 9.17) is 0 Å². The molecular formula is C14H22N2O2S. The summed E-state index contributed by atoms with van der Waals surface area (Å²) < 4.78 is 0. The molecule has 0 bridgehead atoms. The maximum absolute atomic E-state index is 11.0. The van der Waals surface area contributed by atoms with E-state index in [1.54, 1.807) is 6.07 Å². The Kier molecular flexibility index (Phi) is 6.70. The maximum Gasteiger partial charge on any atom is 0.292 e. The van der Waals surface area contributed by atoms with Crippen molar-refractivity contribution >= 4 is 23.1 Å². The largest absolute Gasteiger partial charge is 0.379 e. The number of nitrogens with zero attached hydrogens (tertiary/aromatic N) is 1. The van der Waals surface area contributed by atoms with E-state index < -0.39 is 0 Å². The molecule has 106 valence electrons. The summed E-state index contributed by atoms with van der Waals surface area (Å²) in [5, 5.41) is 14.7. The number of nitro benzene ring substituents is 1. The van der Waals surface area contributed by atoms with Gasteiger partial charge in [0.05, 0.1) is 4.92 Å². The summed E-state index contributed by atoms with van der Waals surface area (Å²) in [6, 6.07) is 5.36. The van der Waals surface area contributed by atoms with Gasteiger partial charge >= 0.3 is 0 Å². The maximum atomic E-state index is 11.0. The Morgan fingerprint density at radius 1 is 1.42 bits per heavy atom. The van der Waals surface area contributed by atoms with Crippen molar-refractivity contribution in [2.45, 2.75) is 44.6 Å². The monoisotopic (exact) mass is 282 g/mol. The zero-order valence-corrected chi connectivity index (χ0v) is 12.6. The number of anilines is 1. The van der Waals surface area contributed by atoms with Crippen LogP contribution in [0.25, 0.3) is 0 Å². The van der Waals surface area contributed by atoms with E-state index in [0.717, 1.165) is 30.7 Å². The average Bonchev–Trinajstić information content (AvgIpc) is 2.42. The molecule has 0 spiro atoms. The van der Waals surface area contributed by atoms with E-state index in [9.17, 15) is 10.1 Å². The Labute approximate surface area is 119 Å². The van der Waals surface area contributed by atoms with Gasteiger partial charge in [0.15, 0.2) is 0 Å². The molecule has 0 aromatic heterocycles. The van der Waals surface area contributed by atoms with Gasteiger partial charge in [-0.15, -0.1) is 0 Å². The van der Waals surface area contributed by atoms with Crippen LogP contribution in [0, 0.1) is 10.1 Å². The second-order valence-corrected chi connectivity index (χ2v) is 5.99. The summed E-state index contributed by atoms with van der Waals surface area (Å²) >= 11 is 1.88. The van der Waals surface area contributed by atoms with Crippen LogP contribution in [0.15, 0.2) is 18.2 Å². The van der Waals surface area contributed by atoms with E-state index in [0.29, 0.717) is 10.9 Å². The van der Waals surface area contributed by atoms with Crippen LogP contribution in [0.2, 0.25) is 0 Å². The van der Waals surface area contributed by atoms with E-state index in [-0.39, 0.29) is 10.6 Å². The summed E-state index contributed by atoms with van der Waals surface area (Å²) in [6.07, 6.45) is 2.08. The number of hydrogen-bond acceptors (Lipinski definition) is 4. The third-order valence-corrected chi connectivity index (χ3v) is 4.33. The number of benzene rings is 1. The zero-order valence-electron chi connectivity index (χ0n) is 11.8. The van der Waals surface area contributed by atoms with Crippen molar-refractivity contribution in [3.05, 3.63) is 33.9 Å². The first kappa shape index (κ1) is 15.8. The highest BCUT2D eigenvalue weighted by Crippen LogP contribution is 2.28. The van der Waals surface area contributed by atoms with Crippen LogP contribution >= 0.6 is 11.8 Å². The molecule has 0 saturated heterocycles. The van der Waals surface area contributed by atoms with Gasteiger partial charge in [-0.05, 0) is 24.5 Å². The van der Waals surface area contributed by atoms with Gasteiger partial charge < -0.3 is 5.32 Å². The molecular weight excluding hydrogens is 260 g/mol. The second kappa shape index (κ2) is 8.04. The third-order valence-electron chi connectivity index (χ3n) is 2.93. The average molecular weight is 282 g/mol. The van der Waals surface area contributed by atoms with E-state index in [2.05, 4.69) is 19.2 Å². The SMILES string of the molecule is CCCNc1cc(CSC(C)CC)ccc1[N+](=O)[O-]. The lowest BCUT2D eigenvalue weighted by molar-refractivity contribution is -0.384. The van der Waals surface area contributed by atoms with Crippen molar-refractivity contribution in [1.82, 2.24) is 0 Å². The first-order valence-corrected chi connectivity index (χ1v) is 7.76. The van der Waals surface area contributed by atoms with Crippen LogP contribution in [0.1, 0.15) is 39.2 Å². The molecule has 19 heavy (non-hydrogen) atoms. The normalized spacial score (nSPS) is 12.2. The van der Waals surface area contributed by atoms with Crippen molar-refractivity contribution in [3.8, 4) is 0 Å². The fraction of sp³-hybridized carbons (Fsp3) is 0.571. The van der Waals surface area contributed by atoms with Crippen molar-refractivity contribution in [2.75, 3.05) is 11.9 Å². The molecule has 4 nitrogen and oxygen atoms in total. The number of thioether (sulfide) groups is 1. The lowest BCUT2D eigenvalue weighted by atomic mass is 10.2. The Balaban J connectivity index is 2.81. The van der Waals surface area contributed by atoms with Crippen LogP contribution in [-0.4, -0.2) is 16.7 Å². The van der Waals surface area contributed by atoms with Crippen LogP contribution in [0.4, 0.5) is 11.4 Å². The molecule has 1 aromatic carbocycles. The van der Waals surface area contributed by atoms with Gasteiger partial charge in [0, 0.05) is 23.6 Å². The van der Waals surface area contributed by atoms with Crippen molar-refractivity contribution in [1.29, 1.82) is 0 Å². The van der Waals surface area contributed by atoms with E-state index in [1.807, 2.05) is 30.8 Å². The quantitative estimate of drug-likeness (QED) is 0.565. The number of hydrogen-bond donors (Lipinski definition) is 1. The molecule has 5 heteroatoms. The van der Waals surface area contributed by atoms with Crippen LogP contribution in [0.3, 0.4) is 0 Å². The molecule has 0 aliphatic heterocycles. The van der Waals surface area contributed by atoms with E-state index >= 15 is 0 Å². The van der Waals surface area contributed by atoms with Gasteiger partial charge in [-0.3, -0.25) is 10.1 Å².